The second-order valence-electron chi connectivity index (χ2n) is 19.2. The van der Waals surface area contributed by atoms with E-state index in [0.717, 1.165) is 115 Å². The minimum atomic E-state index is 0.846. The van der Waals surface area contributed by atoms with Crippen molar-refractivity contribution in [2.24, 2.45) is 0 Å². The van der Waals surface area contributed by atoms with E-state index in [1.165, 1.54) is 11.1 Å². The van der Waals surface area contributed by atoms with E-state index < -0.39 is 0 Å². The van der Waals surface area contributed by atoms with Gasteiger partial charge in [0.25, 0.3) is 0 Å². The van der Waals surface area contributed by atoms with Crippen LogP contribution in [0.4, 0.5) is 68.2 Å². The van der Waals surface area contributed by atoms with Crippen molar-refractivity contribution in [1.82, 2.24) is 9.97 Å². The van der Waals surface area contributed by atoms with Gasteiger partial charge >= 0.3 is 0 Å². The Bertz CT molecular complexity index is 3540. The summed E-state index contributed by atoms with van der Waals surface area (Å²) in [5, 5.41) is 0. The van der Waals surface area contributed by atoms with Crippen molar-refractivity contribution in [3.8, 4) is 22.5 Å². The van der Waals surface area contributed by atoms with E-state index in [-0.39, 0.29) is 0 Å². The standard InChI is InChI=1S/C72H58N6/c1-3-53-35-36-54(4-2)70-69(53)73-71(55-37-41-63(42-38-55)77(61-31-19-9-20-32-61)67-49-45-65(46-50-67)75(57-23-11-5-12-24-57)58-25-13-6-14-26-58)72(74-70)56-39-43-64(44-40-56)78(62-33-21-10-22-34-62)68-51-47-66(48-52-68)76(59-27-15-7-16-28-59)60-29-17-8-18-30-60/h5-52H,3-4H2,1-2H3. The van der Waals surface area contributed by atoms with Crippen molar-refractivity contribution < 1.29 is 0 Å². The number of rotatable bonds is 16. The van der Waals surface area contributed by atoms with Crippen molar-refractivity contribution in [1.29, 1.82) is 0 Å². The number of nitrogens with zero attached hydrogens (tertiary/aromatic N) is 6. The van der Waals surface area contributed by atoms with Crippen LogP contribution in [0.15, 0.2) is 291 Å². The highest BCUT2D eigenvalue weighted by Crippen LogP contribution is 2.43. The molecule has 6 heteroatoms. The third-order valence-corrected chi connectivity index (χ3v) is 14.4. The molecule has 0 radical (unpaired) electrons. The van der Waals surface area contributed by atoms with Gasteiger partial charge in [0.15, 0.2) is 0 Å². The van der Waals surface area contributed by atoms with Gasteiger partial charge in [0.05, 0.1) is 22.4 Å². The monoisotopic (exact) mass is 1010 g/mol. The van der Waals surface area contributed by atoms with E-state index >= 15 is 0 Å². The Morgan fingerprint density at radius 3 is 0.590 bits per heavy atom. The zero-order valence-electron chi connectivity index (χ0n) is 43.8. The van der Waals surface area contributed by atoms with Crippen LogP contribution in [0.5, 0.6) is 0 Å². The van der Waals surface area contributed by atoms with E-state index in [9.17, 15) is 0 Å². The molecule has 1 aromatic heterocycles. The molecule has 11 aromatic carbocycles. The predicted octanol–water partition coefficient (Wildman–Crippen LogP) is 20.0. The summed E-state index contributed by atoms with van der Waals surface area (Å²) in [5.41, 5.74) is 20.8. The number of aryl methyl sites for hydroxylation is 2. The number of aromatic nitrogens is 2. The van der Waals surface area contributed by atoms with Crippen LogP contribution in [0.25, 0.3) is 33.5 Å². The number of benzene rings is 11. The van der Waals surface area contributed by atoms with Crippen LogP contribution in [-0.2, 0) is 12.8 Å². The zero-order chi connectivity index (χ0) is 52.6. The van der Waals surface area contributed by atoms with Crippen LogP contribution in [-0.4, -0.2) is 9.97 Å². The van der Waals surface area contributed by atoms with Gasteiger partial charge in [0.2, 0.25) is 0 Å². The number of anilines is 12. The maximum Gasteiger partial charge on any atom is 0.0973 e. The van der Waals surface area contributed by atoms with Gasteiger partial charge in [-0.1, -0.05) is 159 Å². The van der Waals surface area contributed by atoms with Gasteiger partial charge in [0, 0.05) is 79.4 Å². The smallest absolute Gasteiger partial charge is 0.0973 e. The van der Waals surface area contributed by atoms with Gasteiger partial charge in [-0.15, -0.1) is 0 Å². The minimum absolute atomic E-state index is 0.846. The van der Waals surface area contributed by atoms with Crippen molar-refractivity contribution >= 4 is 79.3 Å². The average Bonchev–Trinajstić information content (AvgIpc) is 3.62. The molecule has 12 rings (SSSR count). The first-order valence-electron chi connectivity index (χ1n) is 26.9. The molecule has 0 spiro atoms. The van der Waals surface area contributed by atoms with Gasteiger partial charge in [-0.05, 0) is 170 Å². The van der Waals surface area contributed by atoms with Crippen LogP contribution < -0.4 is 19.6 Å². The third kappa shape index (κ3) is 9.98. The molecule has 0 fully saturated rings. The second kappa shape index (κ2) is 22.4. The first-order chi connectivity index (χ1) is 38.6. The van der Waals surface area contributed by atoms with Crippen LogP contribution in [0, 0.1) is 0 Å². The molecule has 0 N–H and O–H groups in total. The largest absolute Gasteiger partial charge is 0.311 e. The van der Waals surface area contributed by atoms with Gasteiger partial charge in [0.1, 0.15) is 0 Å². The lowest BCUT2D eigenvalue weighted by Crippen LogP contribution is -2.12. The molecule has 376 valence electrons. The highest BCUT2D eigenvalue weighted by atomic mass is 15.2. The fourth-order valence-corrected chi connectivity index (χ4v) is 10.5. The molecule has 0 amide bonds. The van der Waals surface area contributed by atoms with Gasteiger partial charge in [-0.25, -0.2) is 9.97 Å². The average molecular weight is 1010 g/mol. The topological polar surface area (TPSA) is 38.7 Å². The molecule has 0 aliphatic rings. The Kier molecular flexibility index (Phi) is 14.1. The number of hydrogen-bond donors (Lipinski definition) is 0. The lowest BCUT2D eigenvalue weighted by atomic mass is 9.99. The van der Waals surface area contributed by atoms with Crippen molar-refractivity contribution in [3.63, 3.8) is 0 Å². The summed E-state index contributed by atoms with van der Waals surface area (Å²) in [6, 6.07) is 103. The molecule has 0 saturated heterocycles. The Morgan fingerprint density at radius 1 is 0.218 bits per heavy atom. The predicted molar refractivity (Wildman–Crippen MR) is 328 cm³/mol. The van der Waals surface area contributed by atoms with Crippen LogP contribution in [0.1, 0.15) is 25.0 Å². The summed E-state index contributed by atoms with van der Waals surface area (Å²) < 4.78 is 0. The summed E-state index contributed by atoms with van der Waals surface area (Å²) in [5.74, 6) is 0. The molecule has 1 heterocycles. The second-order valence-corrected chi connectivity index (χ2v) is 19.2. The quantitative estimate of drug-likeness (QED) is 0.0960. The van der Waals surface area contributed by atoms with Crippen molar-refractivity contribution in [2.75, 3.05) is 19.6 Å². The fourth-order valence-electron chi connectivity index (χ4n) is 10.5. The lowest BCUT2D eigenvalue weighted by Gasteiger charge is -2.28. The first kappa shape index (κ1) is 48.9. The Labute approximate surface area is 458 Å². The molecule has 0 aliphatic heterocycles. The molecule has 0 atom stereocenters. The Hall–Kier alpha value is -10.0. The summed E-state index contributed by atoms with van der Waals surface area (Å²) in [6.45, 7) is 4.40. The molecule has 0 saturated carbocycles. The van der Waals surface area contributed by atoms with Gasteiger partial charge in [-0.2, -0.15) is 0 Å². The third-order valence-electron chi connectivity index (χ3n) is 14.4. The number of fused-ring (bicyclic) bond motifs is 1. The highest BCUT2D eigenvalue weighted by molar-refractivity contribution is 5.91. The van der Waals surface area contributed by atoms with E-state index in [2.05, 4.69) is 325 Å². The summed E-state index contributed by atoms with van der Waals surface area (Å²) >= 11 is 0. The first-order valence-corrected chi connectivity index (χ1v) is 26.9. The Morgan fingerprint density at radius 2 is 0.397 bits per heavy atom. The van der Waals surface area contributed by atoms with Crippen LogP contribution in [0.3, 0.4) is 0 Å². The summed E-state index contributed by atoms with van der Waals surface area (Å²) in [4.78, 5) is 20.4. The van der Waals surface area contributed by atoms with Crippen LogP contribution >= 0.6 is 0 Å². The van der Waals surface area contributed by atoms with Crippen molar-refractivity contribution in [3.05, 3.63) is 302 Å². The maximum atomic E-state index is 5.59. The van der Waals surface area contributed by atoms with E-state index in [1.807, 2.05) is 0 Å². The molecule has 0 bridgehead atoms. The highest BCUT2D eigenvalue weighted by Gasteiger charge is 2.22. The molecule has 0 unspecified atom stereocenters. The summed E-state index contributed by atoms with van der Waals surface area (Å²) in [6.07, 6.45) is 1.71. The van der Waals surface area contributed by atoms with E-state index in [0.29, 0.717) is 0 Å². The molecule has 12 aromatic rings. The number of hydrogen-bond acceptors (Lipinski definition) is 6. The SMILES string of the molecule is CCc1ccc(CC)c2nc(-c3ccc(N(c4ccccc4)c4ccc(N(c5ccccc5)c5ccccc5)cc4)cc3)c(-c3ccc(N(c4ccccc4)c4ccc(N(c5ccccc5)c5ccccc5)cc4)cc3)nc12. The van der Waals surface area contributed by atoms with E-state index in [4.69, 9.17) is 9.97 Å². The molecular weight excluding hydrogens is 949 g/mol. The Balaban J connectivity index is 0.916. The fraction of sp³-hybridized carbons (Fsp3) is 0.0556. The van der Waals surface area contributed by atoms with E-state index in [1.54, 1.807) is 0 Å². The minimum Gasteiger partial charge on any atom is -0.311 e. The number of para-hydroxylation sites is 6. The van der Waals surface area contributed by atoms with Crippen LogP contribution in [0.2, 0.25) is 0 Å². The normalized spacial score (nSPS) is 11.1. The lowest BCUT2D eigenvalue weighted by molar-refractivity contribution is 1.10. The zero-order valence-corrected chi connectivity index (χ0v) is 43.8. The molecule has 0 aliphatic carbocycles. The van der Waals surface area contributed by atoms with Gasteiger partial charge < -0.3 is 19.6 Å². The molecular formula is C72H58N6. The maximum absolute atomic E-state index is 5.59. The van der Waals surface area contributed by atoms with Crippen molar-refractivity contribution in [2.45, 2.75) is 26.7 Å². The molecule has 78 heavy (non-hydrogen) atoms. The summed E-state index contributed by atoms with van der Waals surface area (Å²) in [7, 11) is 0. The van der Waals surface area contributed by atoms with Gasteiger partial charge in [-0.3, -0.25) is 0 Å². The molecule has 6 nitrogen and oxygen atoms in total.